The zero-order valence-corrected chi connectivity index (χ0v) is 11.1. The van der Waals surface area contributed by atoms with Gasteiger partial charge in [-0.3, -0.25) is 0 Å². The molecule has 1 fully saturated rings. The van der Waals surface area contributed by atoms with Crippen LogP contribution in [0, 0.1) is 0 Å². The van der Waals surface area contributed by atoms with Crippen LogP contribution in [0.3, 0.4) is 0 Å². The van der Waals surface area contributed by atoms with Gasteiger partial charge in [-0.2, -0.15) is 0 Å². The van der Waals surface area contributed by atoms with E-state index in [4.69, 9.17) is 12.3 Å². The van der Waals surface area contributed by atoms with Gasteiger partial charge in [0.1, 0.15) is 10.5 Å². The Morgan fingerprint density at radius 3 is 2.42 bits per heavy atom. The van der Waals surface area contributed by atoms with Gasteiger partial charge < -0.3 is 12.3 Å². The van der Waals surface area contributed by atoms with Gasteiger partial charge in [0.25, 0.3) is 0 Å². The third kappa shape index (κ3) is 1.58. The Morgan fingerprint density at radius 1 is 1.17 bits per heavy atom. The van der Waals surface area contributed by atoms with Gasteiger partial charge in [-0.05, 0) is 5.19 Å². The van der Waals surface area contributed by atoms with Crippen LogP contribution in [0.2, 0.25) is 0 Å². The lowest BCUT2D eigenvalue weighted by Gasteiger charge is -2.32. The summed E-state index contributed by atoms with van der Waals surface area (Å²) in [5.74, 6) is 0. The fourth-order valence-corrected chi connectivity index (χ4v) is 7.47. The van der Waals surface area contributed by atoms with Crippen LogP contribution in [0.15, 0.2) is 30.3 Å². The van der Waals surface area contributed by atoms with Crippen molar-refractivity contribution in [3.05, 3.63) is 30.3 Å². The van der Waals surface area contributed by atoms with E-state index in [1.165, 1.54) is 5.19 Å². The Kier molecular flexibility index (Phi) is 2.54. The van der Waals surface area contributed by atoms with Crippen LogP contribution in [-0.4, -0.2) is 29.3 Å². The topological polar surface area (TPSA) is 27.7 Å². The van der Waals surface area contributed by atoms with Gasteiger partial charge in [0, 0.05) is 0 Å². The van der Waals surface area contributed by atoms with Crippen molar-refractivity contribution in [1.29, 1.82) is 0 Å². The molecule has 0 radical (unpaired) electrons. The van der Waals surface area contributed by atoms with Crippen molar-refractivity contribution >= 4 is 34.5 Å². The fourth-order valence-electron chi connectivity index (χ4n) is 1.09. The highest BCUT2D eigenvalue weighted by Gasteiger charge is 2.36. The predicted octanol–water partition coefficient (Wildman–Crippen LogP) is -1.82. The SMILES string of the molecule is [SiH3]O[SiH]1O[SiH](c2ccccc2)O1. The van der Waals surface area contributed by atoms with E-state index < -0.39 is 18.8 Å². The summed E-state index contributed by atoms with van der Waals surface area (Å²) in [6.45, 7) is 0. The molecule has 3 nitrogen and oxygen atoms in total. The first-order valence-corrected chi connectivity index (χ1v) is 7.54. The second-order valence-corrected chi connectivity index (χ2v) is 8.51. The Labute approximate surface area is 77.6 Å². The third-order valence-electron chi connectivity index (χ3n) is 1.73. The average Bonchev–Trinajstić information content (AvgIpc) is 2.04. The van der Waals surface area contributed by atoms with Crippen LogP contribution in [0.1, 0.15) is 0 Å². The van der Waals surface area contributed by atoms with Crippen molar-refractivity contribution in [3.63, 3.8) is 0 Å². The summed E-state index contributed by atoms with van der Waals surface area (Å²) in [5, 5.41) is 1.21. The standard InChI is InChI=1S/C6H10O3Si3/c10-7-12-8-11(9-12)6-4-2-1-3-5-6/h1-5,11-12H,10H3. The molecule has 0 saturated carbocycles. The highest BCUT2D eigenvalue weighted by Crippen LogP contribution is 2.08. The zero-order valence-electron chi connectivity index (χ0n) is 6.77. The lowest BCUT2D eigenvalue weighted by Crippen LogP contribution is -2.57. The molecule has 2 rings (SSSR count). The first-order valence-electron chi connectivity index (χ1n) is 3.79. The summed E-state index contributed by atoms with van der Waals surface area (Å²) in [7, 11) is -2.34. The minimum atomic E-state index is -1.58. The minimum absolute atomic E-state index is 0.721. The van der Waals surface area contributed by atoms with Gasteiger partial charge in [0.2, 0.25) is 0 Å². The average molecular weight is 214 g/mol. The van der Waals surface area contributed by atoms with Gasteiger partial charge in [0.15, 0.2) is 0 Å². The van der Waals surface area contributed by atoms with E-state index in [2.05, 4.69) is 12.1 Å². The van der Waals surface area contributed by atoms with E-state index in [0.717, 1.165) is 10.5 Å². The number of benzene rings is 1. The maximum Gasteiger partial charge on any atom is 0.455 e. The molecule has 1 heterocycles. The minimum Gasteiger partial charge on any atom is -0.428 e. The Hall–Kier alpha value is -0.249. The van der Waals surface area contributed by atoms with E-state index in [0.29, 0.717) is 0 Å². The van der Waals surface area contributed by atoms with Crippen LogP contribution >= 0.6 is 0 Å². The molecule has 1 aromatic carbocycles. The van der Waals surface area contributed by atoms with Crippen molar-refractivity contribution in [2.45, 2.75) is 0 Å². The van der Waals surface area contributed by atoms with Crippen LogP contribution in [0.4, 0.5) is 0 Å². The van der Waals surface area contributed by atoms with Gasteiger partial charge in [0.05, 0.1) is 0 Å². The summed E-state index contributed by atoms with van der Waals surface area (Å²) in [5.41, 5.74) is 0. The largest absolute Gasteiger partial charge is 0.455 e. The van der Waals surface area contributed by atoms with Gasteiger partial charge in [-0.25, -0.2) is 0 Å². The molecule has 0 spiro atoms. The zero-order chi connectivity index (χ0) is 8.39. The van der Waals surface area contributed by atoms with Crippen molar-refractivity contribution in [1.82, 2.24) is 0 Å². The summed E-state index contributed by atoms with van der Waals surface area (Å²) in [6, 6.07) is 10.1. The highest BCUT2D eigenvalue weighted by atomic mass is 28.5. The van der Waals surface area contributed by atoms with Gasteiger partial charge >= 0.3 is 18.8 Å². The molecule has 64 valence electrons. The van der Waals surface area contributed by atoms with Gasteiger partial charge in [-0.15, -0.1) is 0 Å². The third-order valence-corrected chi connectivity index (χ3v) is 7.96. The van der Waals surface area contributed by atoms with Crippen molar-refractivity contribution in [2.75, 3.05) is 0 Å². The monoisotopic (exact) mass is 214 g/mol. The Balaban J connectivity index is 1.97. The van der Waals surface area contributed by atoms with E-state index in [1.54, 1.807) is 0 Å². The van der Waals surface area contributed by atoms with Crippen LogP contribution in [-0.2, 0) is 12.3 Å². The number of hydrogen-bond acceptors (Lipinski definition) is 3. The first kappa shape index (κ1) is 8.35. The van der Waals surface area contributed by atoms with E-state index in [1.807, 2.05) is 18.2 Å². The molecule has 1 aliphatic rings. The Morgan fingerprint density at radius 2 is 1.83 bits per heavy atom. The van der Waals surface area contributed by atoms with Crippen molar-refractivity contribution in [3.8, 4) is 0 Å². The smallest absolute Gasteiger partial charge is 0.428 e. The lowest BCUT2D eigenvalue weighted by atomic mass is 10.4. The molecule has 12 heavy (non-hydrogen) atoms. The molecule has 0 unspecified atom stereocenters. The molecule has 0 aliphatic carbocycles. The number of rotatable bonds is 2. The van der Waals surface area contributed by atoms with Crippen LogP contribution < -0.4 is 5.19 Å². The molecule has 0 bridgehead atoms. The quantitative estimate of drug-likeness (QED) is 0.543. The first-order chi connectivity index (χ1) is 5.90. The fraction of sp³-hybridized carbons (Fsp3) is 0. The molecule has 1 aromatic rings. The summed E-state index contributed by atoms with van der Waals surface area (Å²) >= 11 is 0. The maximum atomic E-state index is 5.54. The number of hydrogen-bond donors (Lipinski definition) is 0. The predicted molar refractivity (Wildman–Crippen MR) is 53.6 cm³/mol. The highest BCUT2D eigenvalue weighted by molar-refractivity contribution is 6.79. The van der Waals surface area contributed by atoms with Crippen LogP contribution in [0.5, 0.6) is 0 Å². The molecule has 1 saturated heterocycles. The second-order valence-electron chi connectivity index (χ2n) is 2.54. The van der Waals surface area contributed by atoms with E-state index in [-0.39, 0.29) is 0 Å². The molecule has 1 aliphatic heterocycles. The lowest BCUT2D eigenvalue weighted by molar-refractivity contribution is 0.216. The summed E-state index contributed by atoms with van der Waals surface area (Å²) in [6.07, 6.45) is 0. The molecule has 0 amide bonds. The van der Waals surface area contributed by atoms with E-state index in [9.17, 15) is 0 Å². The van der Waals surface area contributed by atoms with Crippen molar-refractivity contribution < 1.29 is 12.3 Å². The summed E-state index contributed by atoms with van der Waals surface area (Å²) in [4.78, 5) is 0. The summed E-state index contributed by atoms with van der Waals surface area (Å²) < 4.78 is 16.2. The molecule has 0 N–H and O–H groups in total. The van der Waals surface area contributed by atoms with Gasteiger partial charge in [-0.1, -0.05) is 30.3 Å². The molecule has 0 atom stereocenters. The molecule has 6 heteroatoms. The normalized spacial score (nSPS) is 28.3. The Bertz CT molecular complexity index is 249. The maximum absolute atomic E-state index is 5.54. The van der Waals surface area contributed by atoms with Crippen molar-refractivity contribution in [2.24, 2.45) is 0 Å². The van der Waals surface area contributed by atoms with E-state index >= 15 is 0 Å². The van der Waals surface area contributed by atoms with Crippen LogP contribution in [0.25, 0.3) is 0 Å². The second kappa shape index (κ2) is 3.64. The molecule has 0 aromatic heterocycles. The molecular formula is C6H10O3Si3. The molecular weight excluding hydrogens is 204 g/mol.